The number of benzene rings is 1. The minimum atomic E-state index is -0.729. The summed E-state index contributed by atoms with van der Waals surface area (Å²) in [4.78, 5) is 26.1. The van der Waals surface area contributed by atoms with Gasteiger partial charge in [0.2, 0.25) is 5.91 Å². The predicted molar refractivity (Wildman–Crippen MR) is 92.8 cm³/mol. The zero-order valence-electron chi connectivity index (χ0n) is 14.7. The zero-order chi connectivity index (χ0) is 17.9. The summed E-state index contributed by atoms with van der Waals surface area (Å²) in [6, 6.07) is 5.81. The molecule has 0 fully saturated rings. The highest BCUT2D eigenvalue weighted by atomic mass is 16.5. The largest absolute Gasteiger partial charge is 0.508 e. The molecule has 1 rings (SSSR count). The molecule has 0 saturated carbocycles. The number of methoxy groups -OCH3 is 1. The monoisotopic (exact) mass is 336 g/mol. The van der Waals surface area contributed by atoms with Crippen LogP contribution in [-0.2, 0) is 20.7 Å². The van der Waals surface area contributed by atoms with E-state index in [4.69, 9.17) is 4.74 Å². The summed E-state index contributed by atoms with van der Waals surface area (Å²) < 4.78 is 4.77. The van der Waals surface area contributed by atoms with Crippen molar-refractivity contribution in [2.24, 2.45) is 0 Å². The Morgan fingerprint density at radius 3 is 2.50 bits per heavy atom. The number of hydrogen-bond acceptors (Lipinski definition) is 5. The lowest BCUT2D eigenvalue weighted by Gasteiger charge is -2.19. The molecule has 1 aromatic rings. The number of aromatic hydroxyl groups is 1. The number of hydrogen-bond donors (Lipinski definition) is 2. The van der Waals surface area contributed by atoms with E-state index in [-0.39, 0.29) is 11.7 Å². The molecule has 6 nitrogen and oxygen atoms in total. The molecule has 24 heavy (non-hydrogen) atoms. The van der Waals surface area contributed by atoms with Gasteiger partial charge in [0.05, 0.1) is 7.11 Å². The second-order valence-electron chi connectivity index (χ2n) is 5.92. The Kier molecular flexibility index (Phi) is 8.86. The van der Waals surface area contributed by atoms with Gasteiger partial charge in [-0.05, 0) is 37.7 Å². The summed E-state index contributed by atoms with van der Waals surface area (Å²) in [5, 5.41) is 12.0. The number of phenols is 1. The Balaban J connectivity index is 2.54. The van der Waals surface area contributed by atoms with Gasteiger partial charge in [-0.2, -0.15) is 0 Å². The van der Waals surface area contributed by atoms with E-state index in [1.807, 2.05) is 7.05 Å². The van der Waals surface area contributed by atoms with Gasteiger partial charge < -0.3 is 20.1 Å². The first-order valence-corrected chi connectivity index (χ1v) is 8.30. The summed E-state index contributed by atoms with van der Waals surface area (Å²) in [6.45, 7) is 3.74. The van der Waals surface area contributed by atoms with Crippen molar-refractivity contribution in [3.63, 3.8) is 0 Å². The minimum Gasteiger partial charge on any atom is -0.508 e. The molecule has 1 amide bonds. The van der Waals surface area contributed by atoms with Crippen LogP contribution >= 0.6 is 0 Å². The second-order valence-corrected chi connectivity index (χ2v) is 5.92. The maximum atomic E-state index is 12.1. The number of nitrogens with one attached hydrogen (secondary N) is 1. The van der Waals surface area contributed by atoms with E-state index in [9.17, 15) is 14.7 Å². The number of amides is 1. The molecule has 0 aliphatic rings. The maximum Gasteiger partial charge on any atom is 0.328 e. The number of nitrogens with zero attached hydrogens (tertiary/aromatic N) is 1. The van der Waals surface area contributed by atoms with Crippen molar-refractivity contribution >= 4 is 11.9 Å². The second kappa shape index (κ2) is 10.6. The molecular weight excluding hydrogens is 308 g/mol. The highest BCUT2D eigenvalue weighted by molar-refractivity contribution is 5.84. The van der Waals surface area contributed by atoms with Gasteiger partial charge in [0.25, 0.3) is 0 Å². The number of rotatable bonds is 10. The molecule has 0 aromatic heterocycles. The third-order valence-corrected chi connectivity index (χ3v) is 3.81. The molecule has 0 aliphatic heterocycles. The Morgan fingerprint density at radius 1 is 1.25 bits per heavy atom. The van der Waals surface area contributed by atoms with Crippen LogP contribution in [0.1, 0.15) is 31.7 Å². The van der Waals surface area contributed by atoms with Crippen LogP contribution in [0.15, 0.2) is 24.3 Å². The van der Waals surface area contributed by atoms with Crippen LogP contribution in [0.4, 0.5) is 0 Å². The number of carbonyl (C=O) groups is 2. The first-order valence-electron chi connectivity index (χ1n) is 8.30. The van der Waals surface area contributed by atoms with Gasteiger partial charge in [0.15, 0.2) is 0 Å². The van der Waals surface area contributed by atoms with Crippen molar-refractivity contribution in [2.45, 2.75) is 38.6 Å². The third kappa shape index (κ3) is 7.46. The fourth-order valence-electron chi connectivity index (χ4n) is 2.30. The number of esters is 1. The van der Waals surface area contributed by atoms with Crippen LogP contribution in [0, 0.1) is 0 Å². The summed E-state index contributed by atoms with van der Waals surface area (Å²) >= 11 is 0. The zero-order valence-corrected chi connectivity index (χ0v) is 14.7. The number of ether oxygens (including phenoxy) is 1. The lowest BCUT2D eigenvalue weighted by atomic mass is 10.1. The fraction of sp³-hybridized carbons (Fsp3) is 0.556. The molecule has 0 aliphatic carbocycles. The molecule has 1 atom stereocenters. The first-order chi connectivity index (χ1) is 11.5. The SMILES string of the molecule is CCCCN(C)CCC(=O)NC(Cc1ccc(O)cc1)C(=O)OC. The van der Waals surface area contributed by atoms with E-state index in [2.05, 4.69) is 17.1 Å². The average molecular weight is 336 g/mol. The third-order valence-electron chi connectivity index (χ3n) is 3.81. The predicted octanol–water partition coefficient (Wildman–Crippen LogP) is 1.71. The molecule has 6 heteroatoms. The molecule has 0 saturated heterocycles. The smallest absolute Gasteiger partial charge is 0.328 e. The Hall–Kier alpha value is -2.08. The van der Waals surface area contributed by atoms with E-state index < -0.39 is 12.0 Å². The Morgan fingerprint density at radius 2 is 1.92 bits per heavy atom. The normalized spacial score (nSPS) is 12.0. The van der Waals surface area contributed by atoms with Gasteiger partial charge in [0.1, 0.15) is 11.8 Å². The van der Waals surface area contributed by atoms with Crippen molar-refractivity contribution < 1.29 is 19.4 Å². The van der Waals surface area contributed by atoms with Crippen molar-refractivity contribution in [3.8, 4) is 5.75 Å². The van der Waals surface area contributed by atoms with Gasteiger partial charge in [-0.15, -0.1) is 0 Å². The van der Waals surface area contributed by atoms with Crippen molar-refractivity contribution in [1.82, 2.24) is 10.2 Å². The van der Waals surface area contributed by atoms with Crippen LogP contribution in [0.25, 0.3) is 0 Å². The first kappa shape index (κ1) is 20.0. The van der Waals surface area contributed by atoms with Crippen LogP contribution in [-0.4, -0.2) is 55.2 Å². The highest BCUT2D eigenvalue weighted by Gasteiger charge is 2.22. The molecule has 0 bridgehead atoms. The molecule has 1 unspecified atom stereocenters. The topological polar surface area (TPSA) is 78.9 Å². The van der Waals surface area contributed by atoms with E-state index in [0.717, 1.165) is 24.9 Å². The highest BCUT2D eigenvalue weighted by Crippen LogP contribution is 2.12. The standard InChI is InChI=1S/C18H28N2O4/c1-4-5-11-20(2)12-10-17(22)19-16(18(23)24-3)13-14-6-8-15(21)9-7-14/h6-9,16,21H,4-5,10-13H2,1-3H3,(H,19,22). The number of phenolic OH excluding ortho intramolecular Hbond substituents is 1. The Labute approximate surface area is 143 Å². The molecule has 1 aromatic carbocycles. The van der Waals surface area contributed by atoms with E-state index >= 15 is 0 Å². The lowest BCUT2D eigenvalue weighted by Crippen LogP contribution is -2.43. The van der Waals surface area contributed by atoms with Crippen LogP contribution in [0.3, 0.4) is 0 Å². The van der Waals surface area contributed by atoms with Crippen molar-refractivity contribution in [2.75, 3.05) is 27.2 Å². The van der Waals surface area contributed by atoms with Gasteiger partial charge in [-0.3, -0.25) is 4.79 Å². The molecule has 134 valence electrons. The van der Waals surface area contributed by atoms with Crippen molar-refractivity contribution in [3.05, 3.63) is 29.8 Å². The number of unbranched alkanes of at least 4 members (excludes halogenated alkanes) is 1. The van der Waals surface area contributed by atoms with Crippen molar-refractivity contribution in [1.29, 1.82) is 0 Å². The van der Waals surface area contributed by atoms with E-state index in [0.29, 0.717) is 19.4 Å². The summed E-state index contributed by atoms with van der Waals surface area (Å²) in [7, 11) is 3.29. The van der Waals surface area contributed by atoms with Gasteiger partial charge >= 0.3 is 5.97 Å². The quantitative estimate of drug-likeness (QED) is 0.636. The molecule has 0 radical (unpaired) electrons. The molecular formula is C18H28N2O4. The fourth-order valence-corrected chi connectivity index (χ4v) is 2.30. The molecule has 2 N–H and O–H groups in total. The van der Waals surface area contributed by atoms with Crippen LogP contribution in [0.5, 0.6) is 5.75 Å². The average Bonchev–Trinajstić information content (AvgIpc) is 2.58. The maximum absolute atomic E-state index is 12.1. The van der Waals surface area contributed by atoms with E-state index in [1.165, 1.54) is 7.11 Å². The van der Waals surface area contributed by atoms with Gasteiger partial charge in [0, 0.05) is 19.4 Å². The summed E-state index contributed by atoms with van der Waals surface area (Å²) in [5.74, 6) is -0.490. The van der Waals surface area contributed by atoms with Crippen LogP contribution in [0.2, 0.25) is 0 Å². The summed E-state index contributed by atoms with van der Waals surface area (Å²) in [6.07, 6.45) is 2.88. The molecule has 0 heterocycles. The van der Waals surface area contributed by atoms with E-state index in [1.54, 1.807) is 24.3 Å². The van der Waals surface area contributed by atoms with Gasteiger partial charge in [-0.25, -0.2) is 4.79 Å². The number of carbonyl (C=O) groups excluding carboxylic acids is 2. The minimum absolute atomic E-state index is 0.160. The summed E-state index contributed by atoms with van der Waals surface area (Å²) in [5.41, 5.74) is 0.837. The Bertz CT molecular complexity index is 516. The lowest BCUT2D eigenvalue weighted by molar-refractivity contribution is -0.145. The molecule has 0 spiro atoms. The van der Waals surface area contributed by atoms with Crippen LogP contribution < -0.4 is 5.32 Å². The van der Waals surface area contributed by atoms with Gasteiger partial charge in [-0.1, -0.05) is 25.5 Å².